The molecule has 1 saturated carbocycles. The molecule has 0 spiro atoms. The zero-order valence-electron chi connectivity index (χ0n) is 9.27. The molecule has 2 nitrogen and oxygen atoms in total. The maximum absolute atomic E-state index is 5.47. The van der Waals surface area contributed by atoms with Crippen LogP contribution in [0.4, 0.5) is 0 Å². The van der Waals surface area contributed by atoms with Gasteiger partial charge in [0.15, 0.2) is 0 Å². The molecule has 78 valence electrons. The number of nitrogens with two attached hydrogens (primary N) is 1. The van der Waals surface area contributed by atoms with Gasteiger partial charge < -0.3 is 11.1 Å². The molecule has 1 aliphatic carbocycles. The zero-order chi connectivity index (χ0) is 9.90. The van der Waals surface area contributed by atoms with Gasteiger partial charge in [0.05, 0.1) is 0 Å². The Morgan fingerprint density at radius 2 is 2.15 bits per heavy atom. The average molecular weight is 184 g/mol. The van der Waals surface area contributed by atoms with Crippen LogP contribution < -0.4 is 11.1 Å². The van der Waals surface area contributed by atoms with Gasteiger partial charge >= 0.3 is 0 Å². The first-order valence-electron chi connectivity index (χ1n) is 5.49. The lowest BCUT2D eigenvalue weighted by Crippen LogP contribution is -2.26. The molecular formula is C11H24N2. The molecule has 1 aliphatic rings. The molecule has 0 radical (unpaired) electrons. The average Bonchev–Trinajstić information content (AvgIpc) is 2.67. The van der Waals surface area contributed by atoms with Crippen molar-refractivity contribution >= 4 is 0 Å². The van der Waals surface area contributed by atoms with Gasteiger partial charge in [-0.15, -0.1) is 0 Å². The normalized spacial score (nSPS) is 27.2. The summed E-state index contributed by atoms with van der Waals surface area (Å²) >= 11 is 0. The molecule has 0 aromatic heterocycles. The van der Waals surface area contributed by atoms with Crippen LogP contribution in [-0.4, -0.2) is 19.1 Å². The van der Waals surface area contributed by atoms with Crippen LogP contribution in [0.15, 0.2) is 0 Å². The molecule has 0 saturated heterocycles. The van der Waals surface area contributed by atoms with Gasteiger partial charge in [0.2, 0.25) is 0 Å². The minimum Gasteiger partial charge on any atom is -0.330 e. The Morgan fingerprint density at radius 3 is 2.62 bits per heavy atom. The number of hydrogen-bond donors (Lipinski definition) is 2. The minimum atomic E-state index is 0.563. The highest BCUT2D eigenvalue weighted by atomic mass is 15.0. The first-order valence-corrected chi connectivity index (χ1v) is 5.49. The second-order valence-electron chi connectivity index (χ2n) is 5.19. The minimum absolute atomic E-state index is 0.563. The Morgan fingerprint density at radius 1 is 1.54 bits per heavy atom. The molecular weight excluding hydrogens is 160 g/mol. The van der Waals surface area contributed by atoms with Crippen molar-refractivity contribution < 1.29 is 0 Å². The second kappa shape index (κ2) is 4.43. The highest BCUT2D eigenvalue weighted by molar-refractivity contribution is 5.01. The van der Waals surface area contributed by atoms with Crippen LogP contribution >= 0.6 is 0 Å². The van der Waals surface area contributed by atoms with Crippen molar-refractivity contribution in [3.63, 3.8) is 0 Å². The molecule has 2 heteroatoms. The summed E-state index contributed by atoms with van der Waals surface area (Å²) in [5.41, 5.74) is 6.03. The van der Waals surface area contributed by atoms with Crippen molar-refractivity contribution in [1.29, 1.82) is 0 Å². The van der Waals surface area contributed by atoms with Gasteiger partial charge in [0.25, 0.3) is 0 Å². The molecule has 2 atom stereocenters. The van der Waals surface area contributed by atoms with Crippen LogP contribution in [0.5, 0.6) is 0 Å². The molecule has 0 aromatic rings. The van der Waals surface area contributed by atoms with Crippen LogP contribution in [0.2, 0.25) is 0 Å². The quantitative estimate of drug-likeness (QED) is 0.660. The van der Waals surface area contributed by atoms with Crippen molar-refractivity contribution in [3.05, 3.63) is 0 Å². The fourth-order valence-electron chi connectivity index (χ4n) is 1.73. The van der Waals surface area contributed by atoms with Gasteiger partial charge in [-0.05, 0) is 43.7 Å². The Hall–Kier alpha value is -0.0800. The third-order valence-corrected chi connectivity index (χ3v) is 3.13. The van der Waals surface area contributed by atoms with Crippen LogP contribution in [0, 0.1) is 11.3 Å². The molecule has 1 fully saturated rings. The van der Waals surface area contributed by atoms with Crippen LogP contribution in [-0.2, 0) is 0 Å². The Bertz CT molecular complexity index is 154. The SMILES string of the molecule is CC(CCCN)CNC1CC1(C)C. The standard InChI is InChI=1S/C11H24N2/c1-9(5-4-6-12)8-13-10-7-11(10,2)3/h9-10,13H,4-8,12H2,1-3H3. The van der Waals surface area contributed by atoms with Crippen molar-refractivity contribution in [3.8, 4) is 0 Å². The zero-order valence-corrected chi connectivity index (χ0v) is 9.27. The summed E-state index contributed by atoms with van der Waals surface area (Å²) in [6, 6.07) is 0.771. The van der Waals surface area contributed by atoms with E-state index in [0.717, 1.165) is 31.5 Å². The van der Waals surface area contributed by atoms with E-state index in [-0.39, 0.29) is 0 Å². The van der Waals surface area contributed by atoms with Gasteiger partial charge in [-0.1, -0.05) is 20.8 Å². The summed E-state index contributed by atoms with van der Waals surface area (Å²) in [5.74, 6) is 0.778. The van der Waals surface area contributed by atoms with Gasteiger partial charge in [0, 0.05) is 6.04 Å². The molecule has 0 amide bonds. The van der Waals surface area contributed by atoms with Gasteiger partial charge in [-0.2, -0.15) is 0 Å². The highest BCUT2D eigenvalue weighted by Crippen LogP contribution is 2.44. The number of rotatable bonds is 6. The predicted molar refractivity (Wildman–Crippen MR) is 57.6 cm³/mol. The topological polar surface area (TPSA) is 38.0 Å². The van der Waals surface area contributed by atoms with Gasteiger partial charge in [0.1, 0.15) is 0 Å². The fourth-order valence-corrected chi connectivity index (χ4v) is 1.73. The van der Waals surface area contributed by atoms with E-state index in [9.17, 15) is 0 Å². The lowest BCUT2D eigenvalue weighted by Gasteiger charge is -2.12. The van der Waals surface area contributed by atoms with Crippen molar-refractivity contribution in [2.24, 2.45) is 17.1 Å². The monoisotopic (exact) mass is 184 g/mol. The van der Waals surface area contributed by atoms with Crippen molar-refractivity contribution in [2.45, 2.75) is 46.1 Å². The molecule has 13 heavy (non-hydrogen) atoms. The maximum Gasteiger partial charge on any atom is 0.0125 e. The largest absolute Gasteiger partial charge is 0.330 e. The van der Waals surface area contributed by atoms with E-state index in [4.69, 9.17) is 5.73 Å². The number of nitrogens with one attached hydrogen (secondary N) is 1. The molecule has 3 N–H and O–H groups in total. The molecule has 0 bridgehead atoms. The summed E-state index contributed by atoms with van der Waals surface area (Å²) in [6.07, 6.45) is 3.77. The van der Waals surface area contributed by atoms with E-state index in [1.807, 2.05) is 0 Å². The van der Waals surface area contributed by atoms with E-state index in [2.05, 4.69) is 26.1 Å². The van der Waals surface area contributed by atoms with Crippen molar-refractivity contribution in [2.75, 3.05) is 13.1 Å². The van der Waals surface area contributed by atoms with Crippen LogP contribution in [0.1, 0.15) is 40.0 Å². The molecule has 2 unspecified atom stereocenters. The maximum atomic E-state index is 5.47. The van der Waals surface area contributed by atoms with E-state index in [1.165, 1.54) is 12.8 Å². The summed E-state index contributed by atoms with van der Waals surface area (Å²) in [7, 11) is 0. The van der Waals surface area contributed by atoms with E-state index in [1.54, 1.807) is 0 Å². The van der Waals surface area contributed by atoms with E-state index in [0.29, 0.717) is 5.41 Å². The van der Waals surface area contributed by atoms with Gasteiger partial charge in [-0.25, -0.2) is 0 Å². The fraction of sp³-hybridized carbons (Fsp3) is 1.00. The smallest absolute Gasteiger partial charge is 0.0125 e. The first kappa shape index (κ1) is 11.0. The van der Waals surface area contributed by atoms with Crippen LogP contribution in [0.3, 0.4) is 0 Å². The highest BCUT2D eigenvalue weighted by Gasteiger charge is 2.44. The second-order valence-corrected chi connectivity index (χ2v) is 5.19. The molecule has 0 heterocycles. The third kappa shape index (κ3) is 3.65. The van der Waals surface area contributed by atoms with Gasteiger partial charge in [-0.3, -0.25) is 0 Å². The van der Waals surface area contributed by atoms with Crippen LogP contribution in [0.25, 0.3) is 0 Å². The molecule has 1 rings (SSSR count). The molecule has 0 aromatic carbocycles. The summed E-state index contributed by atoms with van der Waals surface area (Å²) in [6.45, 7) is 8.95. The first-order chi connectivity index (χ1) is 6.06. The lowest BCUT2D eigenvalue weighted by atomic mass is 10.1. The van der Waals surface area contributed by atoms with E-state index >= 15 is 0 Å². The Kier molecular flexibility index (Phi) is 3.74. The summed E-state index contributed by atoms with van der Waals surface area (Å²) in [5, 5.41) is 3.61. The molecule has 0 aliphatic heterocycles. The Labute approximate surface area is 82.3 Å². The summed E-state index contributed by atoms with van der Waals surface area (Å²) in [4.78, 5) is 0. The summed E-state index contributed by atoms with van der Waals surface area (Å²) < 4.78 is 0. The Balaban J connectivity index is 2.00. The predicted octanol–water partition coefficient (Wildman–Crippen LogP) is 1.75. The number of hydrogen-bond acceptors (Lipinski definition) is 2. The lowest BCUT2D eigenvalue weighted by molar-refractivity contribution is 0.444. The van der Waals surface area contributed by atoms with E-state index < -0.39 is 0 Å². The van der Waals surface area contributed by atoms with Crippen molar-refractivity contribution in [1.82, 2.24) is 5.32 Å². The third-order valence-electron chi connectivity index (χ3n) is 3.13.